The molecule has 5 rings (SSSR count). The Balaban J connectivity index is 1.57. The monoisotopic (exact) mass is 453 g/mol. The Morgan fingerprint density at radius 3 is 2.21 bits per heavy atom. The van der Waals surface area contributed by atoms with Crippen LogP contribution in [0.3, 0.4) is 0 Å². The second-order valence-electron chi connectivity index (χ2n) is 8.35. The number of phenols is 3. The number of carbonyl (C=O) groups excluding carboxylic acids is 1. The molecule has 1 amide bonds. The van der Waals surface area contributed by atoms with Crippen molar-refractivity contribution in [3.63, 3.8) is 0 Å². The third-order valence-corrected chi connectivity index (χ3v) is 5.87. The Morgan fingerprint density at radius 2 is 1.47 bits per heavy atom. The first-order chi connectivity index (χ1) is 16.5. The fourth-order valence-electron chi connectivity index (χ4n) is 4.21. The Hall–Kier alpha value is -4.39. The SMILES string of the molecule is O=C(Cc1ccc(O)cc1)Nc1nc2c(nc1-c1ccc(O)cc1)-c1ccc(O)cc1CCC2. The third-order valence-electron chi connectivity index (χ3n) is 5.87. The number of hydrogen-bond donors (Lipinski definition) is 4. The van der Waals surface area contributed by atoms with E-state index in [0.717, 1.165) is 40.9 Å². The van der Waals surface area contributed by atoms with Crippen LogP contribution in [0.15, 0.2) is 66.7 Å². The molecule has 0 atom stereocenters. The van der Waals surface area contributed by atoms with Crippen LogP contribution in [0.5, 0.6) is 17.2 Å². The van der Waals surface area contributed by atoms with Gasteiger partial charge in [0.2, 0.25) is 5.91 Å². The average Bonchev–Trinajstić information content (AvgIpc) is 2.99. The van der Waals surface area contributed by atoms with Gasteiger partial charge in [-0.1, -0.05) is 12.1 Å². The molecule has 170 valence electrons. The van der Waals surface area contributed by atoms with Crippen LogP contribution < -0.4 is 5.32 Å². The zero-order valence-electron chi connectivity index (χ0n) is 18.3. The van der Waals surface area contributed by atoms with E-state index in [-0.39, 0.29) is 29.6 Å². The molecule has 0 aliphatic heterocycles. The topological polar surface area (TPSA) is 116 Å². The first-order valence-corrected chi connectivity index (χ1v) is 11.1. The summed E-state index contributed by atoms with van der Waals surface area (Å²) in [6, 6.07) is 18.3. The molecule has 4 aromatic rings. The van der Waals surface area contributed by atoms with Gasteiger partial charge in [-0.3, -0.25) is 4.79 Å². The lowest BCUT2D eigenvalue weighted by molar-refractivity contribution is -0.115. The molecule has 0 fully saturated rings. The first kappa shape index (κ1) is 21.5. The molecule has 1 aliphatic carbocycles. The standard InChI is InChI=1S/C27H23N3O4/c31-19-8-4-16(5-9-19)14-24(34)29-27-25(17-6-10-20(32)11-7-17)30-26-22-13-12-21(33)15-18(22)2-1-3-23(26)28-27/h4-13,15,31-33H,1-3,14H2,(H,28,29,34). The van der Waals surface area contributed by atoms with Crippen LogP contribution in [0.25, 0.3) is 22.5 Å². The van der Waals surface area contributed by atoms with Gasteiger partial charge in [0, 0.05) is 11.1 Å². The van der Waals surface area contributed by atoms with Gasteiger partial charge in [0.05, 0.1) is 17.8 Å². The van der Waals surface area contributed by atoms with E-state index in [1.807, 2.05) is 6.07 Å². The van der Waals surface area contributed by atoms with Crippen molar-refractivity contribution < 1.29 is 20.1 Å². The van der Waals surface area contributed by atoms with Crippen molar-refractivity contribution in [2.24, 2.45) is 0 Å². The maximum atomic E-state index is 12.9. The van der Waals surface area contributed by atoms with Crippen LogP contribution in [-0.4, -0.2) is 31.2 Å². The van der Waals surface area contributed by atoms with E-state index in [0.29, 0.717) is 23.5 Å². The quantitative estimate of drug-likeness (QED) is 0.359. The van der Waals surface area contributed by atoms with E-state index >= 15 is 0 Å². The highest BCUT2D eigenvalue weighted by Gasteiger charge is 2.22. The van der Waals surface area contributed by atoms with Crippen molar-refractivity contribution in [3.05, 3.63) is 83.6 Å². The molecule has 0 unspecified atom stereocenters. The van der Waals surface area contributed by atoms with Gasteiger partial charge in [-0.2, -0.15) is 0 Å². The molecule has 7 heteroatoms. The fourth-order valence-corrected chi connectivity index (χ4v) is 4.21. The van der Waals surface area contributed by atoms with Crippen LogP contribution in [0, 0.1) is 0 Å². The van der Waals surface area contributed by atoms with Crippen LogP contribution >= 0.6 is 0 Å². The van der Waals surface area contributed by atoms with Crippen LogP contribution in [0.4, 0.5) is 5.82 Å². The molecular weight excluding hydrogens is 430 g/mol. The lowest BCUT2D eigenvalue weighted by atomic mass is 10.0. The Bertz CT molecular complexity index is 1370. The number of aryl methyl sites for hydroxylation is 2. The van der Waals surface area contributed by atoms with E-state index in [2.05, 4.69) is 5.32 Å². The smallest absolute Gasteiger partial charge is 0.230 e. The predicted octanol–water partition coefficient (Wildman–Crippen LogP) is 4.60. The number of phenolic OH excluding ortho intramolecular Hbond substituents is 3. The van der Waals surface area contributed by atoms with E-state index in [1.165, 1.54) is 0 Å². The molecule has 34 heavy (non-hydrogen) atoms. The number of nitrogens with zero attached hydrogens (tertiary/aromatic N) is 2. The second kappa shape index (κ2) is 8.86. The summed E-state index contributed by atoms with van der Waals surface area (Å²) in [5, 5.41) is 32.1. The number of carbonyl (C=O) groups is 1. The summed E-state index contributed by atoms with van der Waals surface area (Å²) in [5.41, 5.74) is 5.40. The molecule has 0 radical (unpaired) electrons. The number of hydrogen-bond acceptors (Lipinski definition) is 6. The van der Waals surface area contributed by atoms with Crippen molar-refractivity contribution in [2.45, 2.75) is 25.7 Å². The Labute approximate surface area is 196 Å². The lowest BCUT2D eigenvalue weighted by Crippen LogP contribution is -2.17. The number of aromatic hydroxyl groups is 3. The van der Waals surface area contributed by atoms with Gasteiger partial charge in [0.15, 0.2) is 5.82 Å². The summed E-state index contributed by atoms with van der Waals surface area (Å²) in [6.45, 7) is 0. The molecule has 3 aromatic carbocycles. The number of amides is 1. The van der Waals surface area contributed by atoms with Crippen LogP contribution in [0.2, 0.25) is 0 Å². The minimum Gasteiger partial charge on any atom is -0.508 e. The molecular formula is C27H23N3O4. The summed E-state index contributed by atoms with van der Waals surface area (Å²) in [4.78, 5) is 22.6. The lowest BCUT2D eigenvalue weighted by Gasteiger charge is -2.15. The normalized spacial score (nSPS) is 12.4. The molecule has 0 saturated carbocycles. The minimum absolute atomic E-state index is 0.121. The maximum Gasteiger partial charge on any atom is 0.230 e. The number of benzene rings is 3. The molecule has 1 aliphatic rings. The van der Waals surface area contributed by atoms with Gasteiger partial charge in [0.25, 0.3) is 0 Å². The number of nitrogens with one attached hydrogen (secondary N) is 1. The van der Waals surface area contributed by atoms with Gasteiger partial charge >= 0.3 is 0 Å². The van der Waals surface area contributed by atoms with Gasteiger partial charge in [0.1, 0.15) is 22.9 Å². The maximum absolute atomic E-state index is 12.9. The third kappa shape index (κ3) is 4.41. The van der Waals surface area contributed by atoms with Crippen molar-refractivity contribution in [3.8, 4) is 39.8 Å². The minimum atomic E-state index is -0.251. The molecule has 0 spiro atoms. The molecule has 1 heterocycles. The molecule has 1 aromatic heterocycles. The largest absolute Gasteiger partial charge is 0.508 e. The molecule has 0 bridgehead atoms. The highest BCUT2D eigenvalue weighted by Crippen LogP contribution is 2.36. The Kier molecular flexibility index (Phi) is 5.59. The van der Waals surface area contributed by atoms with Crippen LogP contribution in [0.1, 0.15) is 23.2 Å². The highest BCUT2D eigenvalue weighted by atomic mass is 16.3. The van der Waals surface area contributed by atoms with Gasteiger partial charge in [-0.15, -0.1) is 0 Å². The molecule has 7 nitrogen and oxygen atoms in total. The van der Waals surface area contributed by atoms with Crippen molar-refractivity contribution in [1.82, 2.24) is 9.97 Å². The van der Waals surface area contributed by atoms with E-state index < -0.39 is 0 Å². The highest BCUT2D eigenvalue weighted by molar-refractivity contribution is 5.95. The number of anilines is 1. The molecule has 4 N–H and O–H groups in total. The first-order valence-electron chi connectivity index (χ1n) is 11.1. The fraction of sp³-hybridized carbons (Fsp3) is 0.148. The number of aromatic nitrogens is 2. The summed E-state index contributed by atoms with van der Waals surface area (Å²) in [7, 11) is 0. The molecule has 0 saturated heterocycles. The van der Waals surface area contributed by atoms with E-state index in [1.54, 1.807) is 60.7 Å². The summed E-state index contributed by atoms with van der Waals surface area (Å²) < 4.78 is 0. The Morgan fingerprint density at radius 1 is 0.794 bits per heavy atom. The van der Waals surface area contributed by atoms with Crippen molar-refractivity contribution >= 4 is 11.7 Å². The zero-order chi connectivity index (χ0) is 23.7. The number of fused-ring (bicyclic) bond motifs is 3. The second-order valence-corrected chi connectivity index (χ2v) is 8.35. The van der Waals surface area contributed by atoms with Crippen molar-refractivity contribution in [1.29, 1.82) is 0 Å². The van der Waals surface area contributed by atoms with Crippen molar-refractivity contribution in [2.75, 3.05) is 5.32 Å². The summed E-state index contributed by atoms with van der Waals surface area (Å²) in [6.07, 6.45) is 2.45. The van der Waals surface area contributed by atoms with E-state index in [4.69, 9.17) is 9.97 Å². The van der Waals surface area contributed by atoms with E-state index in [9.17, 15) is 20.1 Å². The number of rotatable bonds is 4. The summed E-state index contributed by atoms with van der Waals surface area (Å²) >= 11 is 0. The van der Waals surface area contributed by atoms with Gasteiger partial charge in [-0.05, 0) is 85.0 Å². The van der Waals surface area contributed by atoms with Gasteiger partial charge in [-0.25, -0.2) is 9.97 Å². The average molecular weight is 453 g/mol. The van der Waals surface area contributed by atoms with Gasteiger partial charge < -0.3 is 20.6 Å². The summed E-state index contributed by atoms with van der Waals surface area (Å²) in [5.74, 6) is 0.593. The predicted molar refractivity (Wildman–Crippen MR) is 129 cm³/mol. The van der Waals surface area contributed by atoms with Crippen LogP contribution in [-0.2, 0) is 24.1 Å². The zero-order valence-corrected chi connectivity index (χ0v) is 18.3.